The van der Waals surface area contributed by atoms with Gasteiger partial charge in [0.2, 0.25) is 0 Å². The molecule has 31 heavy (non-hydrogen) atoms. The number of carbonyl (C=O) groups is 2. The third kappa shape index (κ3) is 6.43. The lowest BCUT2D eigenvalue weighted by atomic mass is 10.0. The number of hydrogen-bond acceptors (Lipinski definition) is 5. The number of amides is 2. The maximum atomic E-state index is 13.2. The van der Waals surface area contributed by atoms with Crippen LogP contribution in [-0.4, -0.2) is 42.3 Å². The predicted octanol–water partition coefficient (Wildman–Crippen LogP) is 4.60. The lowest BCUT2D eigenvalue weighted by Crippen LogP contribution is -2.48. The first kappa shape index (κ1) is 22.6. The van der Waals surface area contributed by atoms with Crippen LogP contribution in [0.15, 0.2) is 72.8 Å². The number of para-hydroxylation sites is 1. The number of benzene rings is 2. The van der Waals surface area contributed by atoms with Gasteiger partial charge in [0.05, 0.1) is 19.3 Å². The van der Waals surface area contributed by atoms with Crippen LogP contribution in [0, 0.1) is 5.92 Å². The molecule has 0 spiro atoms. The lowest BCUT2D eigenvalue weighted by Gasteiger charge is -2.26. The molecule has 1 aliphatic heterocycles. The van der Waals surface area contributed by atoms with Gasteiger partial charge < -0.3 is 14.2 Å². The van der Waals surface area contributed by atoms with E-state index in [0.717, 1.165) is 5.56 Å². The fourth-order valence-corrected chi connectivity index (χ4v) is 3.30. The van der Waals surface area contributed by atoms with Gasteiger partial charge in [-0.25, -0.2) is 9.69 Å². The average Bonchev–Trinajstić information content (AvgIpc) is 3.18. The summed E-state index contributed by atoms with van der Waals surface area (Å²) in [5.74, 6) is 0.276. The number of cyclic esters (lactones) is 1. The quantitative estimate of drug-likeness (QED) is 0.413. The van der Waals surface area contributed by atoms with Crippen molar-refractivity contribution in [1.29, 1.82) is 0 Å². The van der Waals surface area contributed by atoms with E-state index in [2.05, 4.69) is 0 Å². The number of nitrogens with zero attached hydrogens (tertiary/aromatic N) is 1. The molecule has 2 amide bonds. The highest BCUT2D eigenvalue weighted by Crippen LogP contribution is 2.23. The number of hydrogen-bond donors (Lipinski definition) is 0. The average molecular weight is 424 g/mol. The molecule has 0 unspecified atom stereocenters. The van der Waals surface area contributed by atoms with Crippen LogP contribution in [0.5, 0.6) is 5.75 Å². The van der Waals surface area contributed by atoms with E-state index in [0.29, 0.717) is 25.4 Å². The van der Waals surface area contributed by atoms with Crippen molar-refractivity contribution in [2.45, 2.75) is 39.0 Å². The van der Waals surface area contributed by atoms with Crippen molar-refractivity contribution in [2.75, 3.05) is 13.2 Å². The second-order valence-electron chi connectivity index (χ2n) is 7.72. The molecule has 0 bridgehead atoms. The van der Waals surface area contributed by atoms with Gasteiger partial charge in [0.1, 0.15) is 12.4 Å². The Morgan fingerprint density at radius 3 is 2.45 bits per heavy atom. The van der Waals surface area contributed by atoms with E-state index in [4.69, 9.17) is 14.2 Å². The summed E-state index contributed by atoms with van der Waals surface area (Å²) < 4.78 is 16.7. The first-order chi connectivity index (χ1) is 15.1. The van der Waals surface area contributed by atoms with Crippen LogP contribution in [-0.2, 0) is 20.9 Å². The Bertz CT molecular complexity index is 866. The zero-order valence-corrected chi connectivity index (χ0v) is 18.0. The Morgan fingerprint density at radius 1 is 1.10 bits per heavy atom. The minimum atomic E-state index is -0.834. The van der Waals surface area contributed by atoms with Crippen molar-refractivity contribution >= 4 is 12.0 Å². The molecule has 2 atom stereocenters. The summed E-state index contributed by atoms with van der Waals surface area (Å²) >= 11 is 0. The monoisotopic (exact) mass is 423 g/mol. The van der Waals surface area contributed by atoms with E-state index in [-0.39, 0.29) is 24.5 Å². The largest absolute Gasteiger partial charge is 0.480 e. The molecule has 6 nitrogen and oxygen atoms in total. The SMILES string of the molecule is CC(C)[C@H]1COC(=O)N1C(=O)[C@@H](CC=CCOCc1ccccc1)Oc1ccccc1. The number of imide groups is 1. The molecule has 2 aromatic carbocycles. The van der Waals surface area contributed by atoms with Crippen molar-refractivity contribution in [2.24, 2.45) is 5.92 Å². The van der Waals surface area contributed by atoms with Gasteiger partial charge in [0.25, 0.3) is 5.91 Å². The smallest absolute Gasteiger partial charge is 0.417 e. The Kier molecular flexibility index (Phi) is 8.24. The molecule has 1 saturated heterocycles. The van der Waals surface area contributed by atoms with Gasteiger partial charge in [-0.05, 0) is 23.6 Å². The second kappa shape index (κ2) is 11.3. The van der Waals surface area contributed by atoms with Crippen molar-refractivity contribution in [3.63, 3.8) is 0 Å². The fourth-order valence-electron chi connectivity index (χ4n) is 3.30. The summed E-state index contributed by atoms with van der Waals surface area (Å²) in [5.41, 5.74) is 1.10. The number of ether oxygens (including phenoxy) is 3. The van der Waals surface area contributed by atoms with Crippen molar-refractivity contribution in [3.05, 3.63) is 78.4 Å². The first-order valence-corrected chi connectivity index (χ1v) is 10.5. The molecule has 1 aliphatic rings. The maximum Gasteiger partial charge on any atom is 0.417 e. The molecular weight excluding hydrogens is 394 g/mol. The molecule has 1 heterocycles. The van der Waals surface area contributed by atoms with Gasteiger partial charge >= 0.3 is 6.09 Å². The normalized spacial score (nSPS) is 17.2. The van der Waals surface area contributed by atoms with Crippen LogP contribution in [0.3, 0.4) is 0 Å². The minimum absolute atomic E-state index is 0.0923. The van der Waals surface area contributed by atoms with Gasteiger partial charge in [0, 0.05) is 6.42 Å². The standard InChI is InChI=1S/C25H29NO5/c1-19(2)22-18-30-25(28)26(22)24(27)23(31-21-13-7-4-8-14-21)15-9-10-16-29-17-20-11-5-3-6-12-20/h3-14,19,22-23H,15-18H2,1-2H3/t22-,23-/m1/s1. The Hall–Kier alpha value is -3.12. The highest BCUT2D eigenvalue weighted by Gasteiger charge is 2.42. The third-order valence-corrected chi connectivity index (χ3v) is 5.05. The van der Waals surface area contributed by atoms with Crippen LogP contribution >= 0.6 is 0 Å². The predicted molar refractivity (Wildman–Crippen MR) is 118 cm³/mol. The molecular formula is C25H29NO5. The molecule has 0 radical (unpaired) electrons. The van der Waals surface area contributed by atoms with Gasteiger partial charge in [-0.3, -0.25) is 4.79 Å². The maximum absolute atomic E-state index is 13.2. The lowest BCUT2D eigenvalue weighted by molar-refractivity contribution is -0.137. The van der Waals surface area contributed by atoms with Gasteiger partial charge in [-0.15, -0.1) is 0 Å². The molecule has 0 saturated carbocycles. The minimum Gasteiger partial charge on any atom is -0.480 e. The molecule has 3 rings (SSSR count). The topological polar surface area (TPSA) is 65.1 Å². The summed E-state index contributed by atoms with van der Waals surface area (Å²) in [5, 5.41) is 0. The van der Waals surface area contributed by atoms with Crippen LogP contribution in [0.2, 0.25) is 0 Å². The summed E-state index contributed by atoms with van der Waals surface area (Å²) in [7, 11) is 0. The van der Waals surface area contributed by atoms with E-state index in [9.17, 15) is 9.59 Å². The Labute approximate surface area is 183 Å². The van der Waals surface area contributed by atoms with Gasteiger partial charge in [-0.2, -0.15) is 0 Å². The van der Waals surface area contributed by atoms with Crippen molar-refractivity contribution in [1.82, 2.24) is 4.90 Å². The van der Waals surface area contributed by atoms with Gasteiger partial charge in [0.15, 0.2) is 6.10 Å². The van der Waals surface area contributed by atoms with Crippen LogP contribution in [0.25, 0.3) is 0 Å². The zero-order valence-electron chi connectivity index (χ0n) is 18.0. The van der Waals surface area contributed by atoms with Crippen molar-refractivity contribution in [3.8, 4) is 5.75 Å². The van der Waals surface area contributed by atoms with Gasteiger partial charge in [-0.1, -0.05) is 74.5 Å². The second-order valence-corrected chi connectivity index (χ2v) is 7.72. The Morgan fingerprint density at radius 2 is 1.77 bits per heavy atom. The molecule has 6 heteroatoms. The molecule has 1 fully saturated rings. The molecule has 0 N–H and O–H groups in total. The molecule has 0 aromatic heterocycles. The number of carbonyl (C=O) groups excluding carboxylic acids is 2. The highest BCUT2D eigenvalue weighted by atomic mass is 16.6. The fraction of sp³-hybridized carbons (Fsp3) is 0.360. The number of rotatable bonds is 10. The van der Waals surface area contributed by atoms with E-state index < -0.39 is 12.2 Å². The summed E-state index contributed by atoms with van der Waals surface area (Å²) in [6.45, 7) is 5.07. The van der Waals surface area contributed by atoms with E-state index in [1.54, 1.807) is 12.1 Å². The summed E-state index contributed by atoms with van der Waals surface area (Å²) in [4.78, 5) is 26.6. The van der Waals surface area contributed by atoms with Crippen molar-refractivity contribution < 1.29 is 23.8 Å². The van der Waals surface area contributed by atoms with E-state index in [1.165, 1.54) is 4.90 Å². The third-order valence-electron chi connectivity index (χ3n) is 5.05. The van der Waals surface area contributed by atoms with E-state index >= 15 is 0 Å². The Balaban J connectivity index is 1.62. The molecule has 2 aromatic rings. The van der Waals surface area contributed by atoms with E-state index in [1.807, 2.05) is 74.5 Å². The van der Waals surface area contributed by atoms with Crippen LogP contribution in [0.4, 0.5) is 4.79 Å². The zero-order chi connectivity index (χ0) is 22.1. The highest BCUT2D eigenvalue weighted by molar-refractivity contribution is 5.96. The molecule has 164 valence electrons. The van der Waals surface area contributed by atoms with Crippen LogP contribution < -0.4 is 4.74 Å². The first-order valence-electron chi connectivity index (χ1n) is 10.5. The summed E-state index contributed by atoms with van der Waals surface area (Å²) in [6, 6.07) is 18.8. The summed E-state index contributed by atoms with van der Waals surface area (Å²) in [6.07, 6.45) is 2.58. The molecule has 0 aliphatic carbocycles. The van der Waals surface area contributed by atoms with Crippen LogP contribution in [0.1, 0.15) is 25.8 Å².